The second-order valence-electron chi connectivity index (χ2n) is 8.89. The van der Waals surface area contributed by atoms with Gasteiger partial charge in [-0.1, -0.05) is 35.4 Å². The number of carbonyl (C=O) groups is 3. The molecule has 0 aromatic heterocycles. The summed E-state index contributed by atoms with van der Waals surface area (Å²) in [6.45, 7) is 7.84. The number of aliphatic hydroxyl groups excluding tert-OH is 1. The van der Waals surface area contributed by atoms with Crippen molar-refractivity contribution in [3.63, 3.8) is 0 Å². The number of fused-ring (bicyclic) bond motifs is 1. The van der Waals surface area contributed by atoms with Crippen LogP contribution in [0.25, 0.3) is 0 Å². The number of carbonyl (C=O) groups excluding carboxylic acids is 3. The third kappa shape index (κ3) is 2.54. The van der Waals surface area contributed by atoms with Crippen molar-refractivity contribution >= 4 is 17.3 Å². The molecule has 1 aliphatic heterocycles. The van der Waals surface area contributed by atoms with Crippen LogP contribution in [0.5, 0.6) is 5.75 Å². The maximum absolute atomic E-state index is 14.2. The quantitative estimate of drug-likeness (QED) is 0.591. The normalized spacial score (nSPS) is 30.2. The number of rotatable bonds is 2. The Balaban J connectivity index is 2.06. The molecular weight excluding hydrogens is 380 g/mol. The lowest BCUT2D eigenvalue weighted by molar-refractivity contribution is -0.148. The van der Waals surface area contributed by atoms with E-state index in [1.54, 1.807) is 25.1 Å². The Kier molecular flexibility index (Phi) is 4.70. The molecule has 1 aromatic carbocycles. The van der Waals surface area contributed by atoms with Gasteiger partial charge in [-0.15, -0.1) is 0 Å². The van der Waals surface area contributed by atoms with Crippen molar-refractivity contribution in [3.05, 3.63) is 64.3 Å². The second kappa shape index (κ2) is 6.88. The zero-order chi connectivity index (χ0) is 21.8. The molecule has 1 N–H and O–H groups in total. The Hall–Kier alpha value is -2.79. The van der Waals surface area contributed by atoms with Crippen LogP contribution in [0.1, 0.15) is 62.6 Å². The summed E-state index contributed by atoms with van der Waals surface area (Å²) in [5, 5.41) is 11.2. The molecule has 2 aliphatic carbocycles. The summed E-state index contributed by atoms with van der Waals surface area (Å²) in [4.78, 5) is 41.2. The lowest BCUT2D eigenvalue weighted by Gasteiger charge is -2.43. The van der Waals surface area contributed by atoms with E-state index in [2.05, 4.69) is 0 Å². The zero-order valence-electron chi connectivity index (χ0n) is 17.7. The largest absolute Gasteiger partial charge is 0.488 e. The lowest BCUT2D eigenvalue weighted by atomic mass is 9.55. The predicted molar refractivity (Wildman–Crippen MR) is 112 cm³/mol. The summed E-state index contributed by atoms with van der Waals surface area (Å²) in [6.07, 6.45) is 4.48. The van der Waals surface area contributed by atoms with Crippen LogP contribution in [-0.2, 0) is 9.59 Å². The molecule has 0 radical (unpaired) electrons. The third-order valence-electron chi connectivity index (χ3n) is 6.75. The van der Waals surface area contributed by atoms with Crippen molar-refractivity contribution < 1.29 is 24.2 Å². The van der Waals surface area contributed by atoms with Crippen molar-refractivity contribution in [1.82, 2.24) is 0 Å². The third-order valence-corrected chi connectivity index (χ3v) is 6.75. The first-order chi connectivity index (χ1) is 14.2. The van der Waals surface area contributed by atoms with Gasteiger partial charge < -0.3 is 9.84 Å². The van der Waals surface area contributed by atoms with Crippen molar-refractivity contribution in [3.8, 4) is 5.75 Å². The van der Waals surface area contributed by atoms with Crippen LogP contribution in [0.2, 0.25) is 0 Å². The van der Waals surface area contributed by atoms with Crippen LogP contribution in [0.4, 0.5) is 0 Å². The number of ether oxygens (including phenoxy) is 1. The van der Waals surface area contributed by atoms with E-state index in [9.17, 15) is 19.5 Å². The fourth-order valence-corrected chi connectivity index (χ4v) is 4.85. The maximum Gasteiger partial charge on any atom is 0.191 e. The molecule has 5 heteroatoms. The van der Waals surface area contributed by atoms with Gasteiger partial charge in [-0.3, -0.25) is 14.4 Å². The molecule has 1 spiro atoms. The summed E-state index contributed by atoms with van der Waals surface area (Å²) in [5.74, 6) is -1.51. The number of Topliss-reactive ketones (excluding diaryl/α,β-unsaturated/α-hetero) is 2. The fourth-order valence-electron chi connectivity index (χ4n) is 4.85. The molecule has 1 aromatic rings. The smallest absolute Gasteiger partial charge is 0.191 e. The molecule has 0 amide bonds. The van der Waals surface area contributed by atoms with Gasteiger partial charge in [0.1, 0.15) is 18.5 Å². The second-order valence-corrected chi connectivity index (χ2v) is 8.89. The number of aliphatic hydroxyl groups is 1. The van der Waals surface area contributed by atoms with Crippen LogP contribution in [-0.4, -0.2) is 29.1 Å². The molecule has 3 aliphatic rings. The summed E-state index contributed by atoms with van der Waals surface area (Å²) >= 11 is 0. The van der Waals surface area contributed by atoms with E-state index in [0.717, 1.165) is 11.1 Å². The summed E-state index contributed by atoms with van der Waals surface area (Å²) in [7, 11) is 0. The standard InChI is InChI=1S/C25H26O5/c1-14(2)8-10-24-11-9-15(3)13-30-18-7-5-6-17-20(18)22(28)25(21(17)27,23(24)29)19(26)12-16(24)4/h5-9,12,21,27H,10-11,13H2,1-4H3/t21-,24+,25-/m1/s1. The summed E-state index contributed by atoms with van der Waals surface area (Å²) < 4.78 is 5.88. The summed E-state index contributed by atoms with van der Waals surface area (Å²) in [6, 6.07) is 4.91. The van der Waals surface area contributed by atoms with Crippen LogP contribution < -0.4 is 4.74 Å². The van der Waals surface area contributed by atoms with Gasteiger partial charge >= 0.3 is 0 Å². The fraction of sp³-hybridized carbons (Fsp3) is 0.400. The minimum Gasteiger partial charge on any atom is -0.488 e. The Bertz CT molecular complexity index is 1070. The van der Waals surface area contributed by atoms with Gasteiger partial charge in [0, 0.05) is 0 Å². The van der Waals surface area contributed by atoms with Gasteiger partial charge in [0.2, 0.25) is 0 Å². The molecule has 3 atom stereocenters. The molecule has 0 saturated carbocycles. The van der Waals surface area contributed by atoms with E-state index < -0.39 is 34.3 Å². The number of hydrogen-bond donors (Lipinski definition) is 1. The number of hydrogen-bond acceptors (Lipinski definition) is 5. The van der Waals surface area contributed by atoms with Gasteiger partial charge in [-0.05, 0) is 63.8 Å². The molecule has 156 valence electrons. The first-order valence-corrected chi connectivity index (χ1v) is 10.2. The van der Waals surface area contributed by atoms with Gasteiger partial charge in [-0.2, -0.15) is 0 Å². The molecule has 4 rings (SSSR count). The van der Waals surface area contributed by atoms with E-state index in [4.69, 9.17) is 4.74 Å². The van der Waals surface area contributed by atoms with Crippen LogP contribution in [0.3, 0.4) is 0 Å². The van der Waals surface area contributed by atoms with Gasteiger partial charge in [-0.25, -0.2) is 0 Å². The monoisotopic (exact) mass is 406 g/mol. The SMILES string of the molecule is CC(C)=CC[C@]12CC=C(C)COc3cccc4c3C(=O)[C@](C(=O)C=C1C)(C2=O)[C@@H]4O. The van der Waals surface area contributed by atoms with Crippen molar-refractivity contribution in [2.75, 3.05) is 6.61 Å². The molecule has 0 unspecified atom stereocenters. The van der Waals surface area contributed by atoms with E-state index in [-0.39, 0.29) is 17.7 Å². The molecule has 0 saturated heterocycles. The van der Waals surface area contributed by atoms with Gasteiger partial charge in [0.05, 0.1) is 11.0 Å². The molecular formula is C25H26O5. The van der Waals surface area contributed by atoms with Crippen LogP contribution in [0, 0.1) is 10.8 Å². The zero-order valence-corrected chi connectivity index (χ0v) is 17.7. The van der Waals surface area contributed by atoms with Crippen molar-refractivity contribution in [2.45, 2.75) is 46.6 Å². The van der Waals surface area contributed by atoms with Gasteiger partial charge in [0.25, 0.3) is 0 Å². The number of benzene rings is 1. The average Bonchev–Trinajstić information content (AvgIpc) is 2.92. The Morgan fingerprint density at radius 3 is 2.67 bits per heavy atom. The number of ketones is 3. The minimum atomic E-state index is -2.15. The highest BCUT2D eigenvalue weighted by atomic mass is 16.5. The van der Waals surface area contributed by atoms with E-state index in [1.807, 2.05) is 32.9 Å². The topological polar surface area (TPSA) is 80.7 Å². The van der Waals surface area contributed by atoms with Gasteiger partial charge in [0.15, 0.2) is 22.8 Å². The molecule has 1 heterocycles. The Labute approximate surface area is 176 Å². The maximum atomic E-state index is 14.2. The van der Waals surface area contributed by atoms with E-state index in [1.165, 1.54) is 6.08 Å². The molecule has 5 nitrogen and oxygen atoms in total. The van der Waals surface area contributed by atoms with Crippen molar-refractivity contribution in [1.29, 1.82) is 0 Å². The molecule has 0 fully saturated rings. The van der Waals surface area contributed by atoms with Crippen LogP contribution in [0.15, 0.2) is 53.1 Å². The number of allylic oxidation sites excluding steroid dienone is 5. The minimum absolute atomic E-state index is 0.144. The predicted octanol–water partition coefficient (Wildman–Crippen LogP) is 4.07. The molecule has 3 bridgehead atoms. The average molecular weight is 406 g/mol. The summed E-state index contributed by atoms with van der Waals surface area (Å²) in [5.41, 5.74) is -0.199. The highest BCUT2D eigenvalue weighted by molar-refractivity contribution is 6.37. The Morgan fingerprint density at radius 2 is 1.97 bits per heavy atom. The van der Waals surface area contributed by atoms with Crippen LogP contribution >= 0.6 is 0 Å². The first kappa shape index (κ1) is 20.5. The van der Waals surface area contributed by atoms with Crippen molar-refractivity contribution in [2.24, 2.45) is 10.8 Å². The van der Waals surface area contributed by atoms with E-state index in [0.29, 0.717) is 24.2 Å². The highest BCUT2D eigenvalue weighted by Gasteiger charge is 2.68. The first-order valence-electron chi connectivity index (χ1n) is 10.2. The highest BCUT2D eigenvalue weighted by Crippen LogP contribution is 2.58. The Morgan fingerprint density at radius 1 is 1.23 bits per heavy atom. The van der Waals surface area contributed by atoms with E-state index >= 15 is 0 Å². The lowest BCUT2D eigenvalue weighted by Crippen LogP contribution is -2.56. The molecule has 30 heavy (non-hydrogen) atoms.